The van der Waals surface area contributed by atoms with E-state index in [0.29, 0.717) is 18.9 Å². The summed E-state index contributed by atoms with van der Waals surface area (Å²) in [6.07, 6.45) is 0. The van der Waals surface area contributed by atoms with Gasteiger partial charge in [-0.3, -0.25) is 4.79 Å². The van der Waals surface area contributed by atoms with E-state index in [1.54, 1.807) is 18.7 Å². The van der Waals surface area contributed by atoms with Gasteiger partial charge in [0.25, 0.3) is 0 Å². The van der Waals surface area contributed by atoms with Crippen molar-refractivity contribution >= 4 is 34.7 Å². The molecule has 0 saturated carbocycles. The standard InChI is InChI=1S/C8H12ClNO3S/c1-2-13-7(11)6-5-14-4-3-10(6)8(9)12/h6H,2-5H2,1H3. The highest BCUT2D eigenvalue weighted by Crippen LogP contribution is 2.19. The largest absolute Gasteiger partial charge is 0.464 e. The van der Waals surface area contributed by atoms with Gasteiger partial charge in [0.15, 0.2) is 0 Å². The predicted octanol–water partition coefficient (Wildman–Crippen LogP) is 1.33. The van der Waals surface area contributed by atoms with E-state index in [1.807, 2.05) is 0 Å². The van der Waals surface area contributed by atoms with Gasteiger partial charge >= 0.3 is 11.3 Å². The molecule has 1 rings (SSSR count). The fourth-order valence-corrected chi connectivity index (χ4v) is 2.48. The summed E-state index contributed by atoms with van der Waals surface area (Å²) in [6.45, 7) is 2.57. The molecule has 0 bridgehead atoms. The van der Waals surface area contributed by atoms with E-state index in [0.717, 1.165) is 5.75 Å². The molecule has 0 aromatic heterocycles. The first kappa shape index (κ1) is 11.7. The van der Waals surface area contributed by atoms with E-state index in [-0.39, 0.29) is 5.97 Å². The van der Waals surface area contributed by atoms with Gasteiger partial charge in [0.05, 0.1) is 6.61 Å². The summed E-state index contributed by atoms with van der Waals surface area (Å²) in [6, 6.07) is -0.515. The second-order valence-electron chi connectivity index (χ2n) is 2.79. The number of thioether (sulfide) groups is 1. The van der Waals surface area contributed by atoms with Crippen LogP contribution < -0.4 is 0 Å². The average Bonchev–Trinajstić information content (AvgIpc) is 2.18. The van der Waals surface area contributed by atoms with Gasteiger partial charge in [0.1, 0.15) is 6.04 Å². The van der Waals surface area contributed by atoms with Crippen LogP contribution in [0.25, 0.3) is 0 Å². The minimum Gasteiger partial charge on any atom is -0.464 e. The smallest absolute Gasteiger partial charge is 0.329 e. The first-order chi connectivity index (χ1) is 6.66. The van der Waals surface area contributed by atoms with Gasteiger partial charge < -0.3 is 9.64 Å². The van der Waals surface area contributed by atoms with E-state index < -0.39 is 11.4 Å². The Morgan fingerprint density at radius 2 is 2.36 bits per heavy atom. The van der Waals surface area contributed by atoms with Crippen LogP contribution >= 0.6 is 23.4 Å². The van der Waals surface area contributed by atoms with Crippen molar-refractivity contribution in [2.75, 3.05) is 24.7 Å². The van der Waals surface area contributed by atoms with Crippen molar-refractivity contribution < 1.29 is 14.3 Å². The zero-order chi connectivity index (χ0) is 10.6. The fourth-order valence-electron chi connectivity index (χ4n) is 1.25. The molecular weight excluding hydrogens is 226 g/mol. The van der Waals surface area contributed by atoms with Gasteiger partial charge in [-0.05, 0) is 18.5 Å². The highest BCUT2D eigenvalue weighted by Gasteiger charge is 2.32. The highest BCUT2D eigenvalue weighted by molar-refractivity contribution is 7.99. The van der Waals surface area contributed by atoms with Crippen molar-refractivity contribution in [1.82, 2.24) is 4.90 Å². The maximum absolute atomic E-state index is 11.4. The lowest BCUT2D eigenvalue weighted by Crippen LogP contribution is -2.49. The molecule has 80 valence electrons. The van der Waals surface area contributed by atoms with Crippen molar-refractivity contribution in [1.29, 1.82) is 0 Å². The van der Waals surface area contributed by atoms with Crippen LogP contribution in [0.3, 0.4) is 0 Å². The summed E-state index contributed by atoms with van der Waals surface area (Å²) in [5, 5.41) is -0.580. The molecular formula is C8H12ClNO3S. The van der Waals surface area contributed by atoms with Crippen LogP contribution in [-0.4, -0.2) is 46.9 Å². The zero-order valence-corrected chi connectivity index (χ0v) is 9.44. The maximum Gasteiger partial charge on any atom is 0.329 e. The summed E-state index contributed by atoms with van der Waals surface area (Å²) < 4.78 is 4.86. The summed E-state index contributed by atoms with van der Waals surface area (Å²) in [7, 11) is 0. The molecule has 0 aliphatic carbocycles. The van der Waals surface area contributed by atoms with Crippen LogP contribution in [0.2, 0.25) is 0 Å². The quantitative estimate of drug-likeness (QED) is 0.413. The Morgan fingerprint density at radius 3 is 2.93 bits per heavy atom. The van der Waals surface area contributed by atoms with Gasteiger partial charge in [0.2, 0.25) is 0 Å². The van der Waals surface area contributed by atoms with E-state index in [4.69, 9.17) is 16.3 Å². The van der Waals surface area contributed by atoms with E-state index >= 15 is 0 Å². The molecule has 1 aliphatic heterocycles. The van der Waals surface area contributed by atoms with Gasteiger partial charge in [0, 0.05) is 18.1 Å². The monoisotopic (exact) mass is 237 g/mol. The van der Waals surface area contributed by atoms with E-state index in [2.05, 4.69) is 0 Å². The number of ether oxygens (including phenoxy) is 1. The molecule has 0 N–H and O–H groups in total. The van der Waals surface area contributed by atoms with Crippen molar-refractivity contribution in [2.24, 2.45) is 0 Å². The second kappa shape index (κ2) is 5.46. The van der Waals surface area contributed by atoms with Gasteiger partial charge in [-0.25, -0.2) is 4.79 Å². The Balaban J connectivity index is 2.62. The minimum atomic E-state index is -0.580. The van der Waals surface area contributed by atoms with Crippen molar-refractivity contribution in [3.05, 3.63) is 0 Å². The lowest BCUT2D eigenvalue weighted by Gasteiger charge is -2.31. The topological polar surface area (TPSA) is 46.6 Å². The summed E-state index contributed by atoms with van der Waals surface area (Å²) in [5.41, 5.74) is 0. The SMILES string of the molecule is CCOC(=O)C1CSCCN1C(=O)Cl. The lowest BCUT2D eigenvalue weighted by molar-refractivity contribution is -0.147. The molecule has 4 nitrogen and oxygen atoms in total. The molecule has 1 fully saturated rings. The number of carbonyl (C=O) groups excluding carboxylic acids is 2. The highest BCUT2D eigenvalue weighted by atomic mass is 35.5. The molecule has 1 saturated heterocycles. The van der Waals surface area contributed by atoms with E-state index in [9.17, 15) is 9.59 Å². The average molecular weight is 238 g/mol. The number of esters is 1. The van der Waals surface area contributed by atoms with Crippen LogP contribution in [0.4, 0.5) is 4.79 Å². The third-order valence-corrected chi connectivity index (χ3v) is 3.15. The van der Waals surface area contributed by atoms with Crippen LogP contribution in [0.5, 0.6) is 0 Å². The predicted molar refractivity (Wildman–Crippen MR) is 55.7 cm³/mol. The number of amides is 1. The number of hydrogen-bond donors (Lipinski definition) is 0. The number of halogens is 1. The third-order valence-electron chi connectivity index (χ3n) is 1.91. The Labute approximate surface area is 91.9 Å². The summed E-state index contributed by atoms with van der Waals surface area (Å²) in [5.74, 6) is 1.01. The molecule has 0 spiro atoms. The number of rotatable bonds is 2. The molecule has 1 unspecified atom stereocenters. The number of nitrogens with zero attached hydrogens (tertiary/aromatic N) is 1. The molecule has 1 aliphatic rings. The summed E-state index contributed by atoms with van der Waals surface area (Å²) >= 11 is 6.99. The third kappa shape index (κ3) is 2.78. The number of hydrogen-bond acceptors (Lipinski definition) is 4. The van der Waals surface area contributed by atoms with Crippen LogP contribution in [0.1, 0.15) is 6.92 Å². The van der Waals surface area contributed by atoms with Crippen LogP contribution in [-0.2, 0) is 9.53 Å². The minimum absolute atomic E-state index is 0.324. The summed E-state index contributed by atoms with van der Waals surface area (Å²) in [4.78, 5) is 23.8. The van der Waals surface area contributed by atoms with Crippen LogP contribution in [0.15, 0.2) is 0 Å². The van der Waals surface area contributed by atoms with Crippen LogP contribution in [0, 0.1) is 0 Å². The molecule has 0 aromatic rings. The molecule has 1 amide bonds. The normalized spacial score (nSPS) is 21.9. The fraction of sp³-hybridized carbons (Fsp3) is 0.750. The first-order valence-corrected chi connectivity index (χ1v) is 5.90. The van der Waals surface area contributed by atoms with Gasteiger partial charge in [-0.15, -0.1) is 0 Å². The van der Waals surface area contributed by atoms with Gasteiger partial charge in [-0.1, -0.05) is 0 Å². The molecule has 14 heavy (non-hydrogen) atoms. The van der Waals surface area contributed by atoms with Crippen molar-refractivity contribution in [3.63, 3.8) is 0 Å². The zero-order valence-electron chi connectivity index (χ0n) is 7.86. The Morgan fingerprint density at radius 1 is 1.64 bits per heavy atom. The Bertz CT molecular complexity index is 237. The van der Waals surface area contributed by atoms with E-state index in [1.165, 1.54) is 4.90 Å². The first-order valence-electron chi connectivity index (χ1n) is 4.37. The Kier molecular flexibility index (Phi) is 4.54. The van der Waals surface area contributed by atoms with Gasteiger partial charge in [-0.2, -0.15) is 11.8 Å². The van der Waals surface area contributed by atoms with Crippen molar-refractivity contribution in [3.8, 4) is 0 Å². The molecule has 1 heterocycles. The number of carbonyl (C=O) groups is 2. The second-order valence-corrected chi connectivity index (χ2v) is 4.26. The molecule has 0 radical (unpaired) electrons. The Hall–Kier alpha value is -0.420. The van der Waals surface area contributed by atoms with Crippen molar-refractivity contribution in [2.45, 2.75) is 13.0 Å². The maximum atomic E-state index is 11.4. The molecule has 1 atom stereocenters. The molecule has 6 heteroatoms. The lowest BCUT2D eigenvalue weighted by atomic mass is 10.3. The molecule has 0 aromatic carbocycles.